The average molecular weight is 452 g/mol. The van der Waals surface area contributed by atoms with Gasteiger partial charge in [-0.3, -0.25) is 14.6 Å². The van der Waals surface area contributed by atoms with Crippen molar-refractivity contribution < 1.29 is 19.8 Å². The van der Waals surface area contributed by atoms with E-state index >= 15 is 0 Å². The summed E-state index contributed by atoms with van der Waals surface area (Å²) in [4.78, 5) is 35.0. The molecular weight excluding hydrogens is 418 g/mol. The van der Waals surface area contributed by atoms with E-state index in [-0.39, 0.29) is 63.5 Å². The highest BCUT2D eigenvalue weighted by molar-refractivity contribution is 5.99. The Morgan fingerprint density at radius 3 is 2.39 bits per heavy atom. The number of phenols is 2. The van der Waals surface area contributed by atoms with E-state index in [0.717, 1.165) is 25.7 Å². The molecule has 1 aromatic heterocycles. The summed E-state index contributed by atoms with van der Waals surface area (Å²) in [5.41, 5.74) is 0.310. The van der Waals surface area contributed by atoms with Crippen LogP contribution in [0.2, 0.25) is 0 Å². The van der Waals surface area contributed by atoms with Crippen LogP contribution in [0.25, 0.3) is 0 Å². The lowest BCUT2D eigenvalue weighted by Crippen LogP contribution is -2.60. The molecule has 7 heteroatoms. The molecule has 2 saturated carbocycles. The molecule has 1 aromatic carbocycles. The molecule has 2 aliphatic rings. The summed E-state index contributed by atoms with van der Waals surface area (Å²) < 4.78 is 0. The van der Waals surface area contributed by atoms with E-state index in [9.17, 15) is 19.8 Å². The van der Waals surface area contributed by atoms with E-state index in [1.165, 1.54) is 36.8 Å². The molecule has 0 radical (unpaired) electrons. The van der Waals surface area contributed by atoms with Gasteiger partial charge in [-0.25, -0.2) is 4.98 Å². The Morgan fingerprint density at radius 1 is 1.06 bits per heavy atom. The number of rotatable bonds is 4. The van der Waals surface area contributed by atoms with Gasteiger partial charge >= 0.3 is 0 Å². The number of nitrogens with zero attached hydrogens (tertiary/aromatic N) is 2. The smallest absolute Gasteiger partial charge is 0.271 e. The highest BCUT2D eigenvalue weighted by atomic mass is 16.3. The van der Waals surface area contributed by atoms with Crippen molar-refractivity contribution in [3.05, 3.63) is 48.0 Å². The van der Waals surface area contributed by atoms with Crippen LogP contribution in [0.1, 0.15) is 74.2 Å². The van der Waals surface area contributed by atoms with Crippen LogP contribution in [-0.2, 0) is 0 Å². The number of aromatic hydroxyl groups is 2. The van der Waals surface area contributed by atoms with Crippen molar-refractivity contribution in [2.24, 2.45) is 28.6 Å². The summed E-state index contributed by atoms with van der Waals surface area (Å²) in [6.07, 6.45) is 8.27. The van der Waals surface area contributed by atoms with Crippen LogP contribution in [-0.4, -0.2) is 37.9 Å². The van der Waals surface area contributed by atoms with E-state index in [0.29, 0.717) is 5.56 Å². The summed E-state index contributed by atoms with van der Waals surface area (Å²) in [6, 6.07) is 3.85. The number of amides is 1. The van der Waals surface area contributed by atoms with E-state index < -0.39 is 0 Å². The molecule has 0 spiro atoms. The molecule has 4 rings (SSSR count). The zero-order valence-electron chi connectivity index (χ0n) is 19.7. The van der Waals surface area contributed by atoms with Gasteiger partial charge in [0.2, 0.25) is 0 Å². The molecule has 1 unspecified atom stereocenters. The van der Waals surface area contributed by atoms with Crippen molar-refractivity contribution in [3.8, 4) is 11.5 Å². The quantitative estimate of drug-likeness (QED) is 0.596. The maximum absolute atomic E-state index is 13.9. The zero-order valence-corrected chi connectivity index (χ0v) is 19.7. The molecule has 0 saturated heterocycles. The number of ketones is 1. The third kappa shape index (κ3) is 4.21. The van der Waals surface area contributed by atoms with Crippen LogP contribution in [0.3, 0.4) is 0 Å². The van der Waals surface area contributed by atoms with Gasteiger partial charge in [0.1, 0.15) is 17.2 Å². The topological polar surface area (TPSA) is 112 Å². The fourth-order valence-electron chi connectivity index (χ4n) is 6.73. The molecule has 3 N–H and O–H groups in total. The van der Waals surface area contributed by atoms with E-state index in [1.54, 1.807) is 0 Å². The second-order valence-electron chi connectivity index (χ2n) is 10.7. The van der Waals surface area contributed by atoms with Gasteiger partial charge in [0, 0.05) is 36.0 Å². The Morgan fingerprint density at radius 2 is 1.76 bits per heavy atom. The minimum absolute atomic E-state index is 0.0160. The molecule has 0 aliphatic heterocycles. The fraction of sp³-hybridized carbons (Fsp3) is 0.538. The molecule has 33 heavy (non-hydrogen) atoms. The van der Waals surface area contributed by atoms with Crippen LogP contribution < -0.4 is 5.32 Å². The number of benzene rings is 1. The second kappa shape index (κ2) is 8.43. The normalized spacial score (nSPS) is 30.8. The van der Waals surface area contributed by atoms with Crippen LogP contribution in [0.4, 0.5) is 0 Å². The average Bonchev–Trinajstić information content (AvgIpc) is 2.74. The van der Waals surface area contributed by atoms with Crippen molar-refractivity contribution in [2.45, 2.75) is 59.4 Å². The van der Waals surface area contributed by atoms with Crippen LogP contribution in [0.5, 0.6) is 11.5 Å². The van der Waals surface area contributed by atoms with Crippen molar-refractivity contribution in [1.82, 2.24) is 15.3 Å². The van der Waals surface area contributed by atoms with Gasteiger partial charge in [-0.15, -0.1) is 0 Å². The van der Waals surface area contributed by atoms with Gasteiger partial charge in [0.15, 0.2) is 5.78 Å². The molecule has 176 valence electrons. The van der Waals surface area contributed by atoms with Crippen LogP contribution in [0, 0.1) is 28.6 Å². The number of aromatic nitrogens is 2. The number of fused-ring (bicyclic) bond motifs is 1. The standard InChI is InChI=1S/C26H33N3O4/c1-15-19(29-24(33)20-14-27-8-9-28-20)13-21-25(2,3)6-5-7-26(21,4)22(15)23(32)16-10-17(30)12-18(31)11-16/h8-12,14-15,19,21-22,30-31H,5-7,13H2,1-4H3,(H,29,33)/t15-,19?,21-,22+,26-/m0/s1. The summed E-state index contributed by atoms with van der Waals surface area (Å²) in [5.74, 6) is -0.959. The molecule has 2 aliphatic carbocycles. The highest BCUT2D eigenvalue weighted by Gasteiger charge is 2.58. The van der Waals surface area contributed by atoms with Gasteiger partial charge in [0.05, 0.1) is 6.20 Å². The van der Waals surface area contributed by atoms with E-state index in [1.807, 2.05) is 6.92 Å². The lowest BCUT2D eigenvalue weighted by atomic mass is 9.45. The molecule has 2 fully saturated rings. The number of hydrogen-bond donors (Lipinski definition) is 3. The predicted octanol–water partition coefficient (Wildman–Crippen LogP) is 4.36. The van der Waals surface area contributed by atoms with Gasteiger partial charge in [0.25, 0.3) is 5.91 Å². The Bertz CT molecular complexity index is 1030. The monoisotopic (exact) mass is 451 g/mol. The van der Waals surface area contributed by atoms with Crippen LogP contribution >= 0.6 is 0 Å². The largest absolute Gasteiger partial charge is 0.508 e. The first-order valence-electron chi connectivity index (χ1n) is 11.7. The number of hydrogen-bond acceptors (Lipinski definition) is 6. The fourth-order valence-corrected chi connectivity index (χ4v) is 6.73. The summed E-state index contributed by atoms with van der Waals surface area (Å²) in [6.45, 7) is 8.75. The van der Waals surface area contributed by atoms with Crippen LogP contribution in [0.15, 0.2) is 36.8 Å². The van der Waals surface area contributed by atoms with Gasteiger partial charge in [-0.1, -0.05) is 34.1 Å². The Labute approximate surface area is 194 Å². The van der Waals surface area contributed by atoms with Crippen molar-refractivity contribution in [1.29, 1.82) is 0 Å². The second-order valence-corrected chi connectivity index (χ2v) is 10.7. The van der Waals surface area contributed by atoms with Gasteiger partial charge in [-0.2, -0.15) is 0 Å². The number of phenolic OH excluding ortho intramolecular Hbond substituents is 2. The predicted molar refractivity (Wildman–Crippen MR) is 124 cm³/mol. The maximum atomic E-state index is 13.9. The molecule has 2 aromatic rings. The minimum atomic E-state index is -0.371. The van der Waals surface area contributed by atoms with Gasteiger partial charge < -0.3 is 15.5 Å². The minimum Gasteiger partial charge on any atom is -0.508 e. The molecule has 1 amide bonds. The number of carbonyl (C=O) groups is 2. The Hall–Kier alpha value is -2.96. The zero-order chi connectivity index (χ0) is 24.0. The first-order chi connectivity index (χ1) is 15.5. The lowest BCUT2D eigenvalue weighted by Gasteiger charge is -2.60. The summed E-state index contributed by atoms with van der Waals surface area (Å²) in [5, 5.41) is 23.1. The van der Waals surface area contributed by atoms with E-state index in [4.69, 9.17) is 0 Å². The third-order valence-corrected chi connectivity index (χ3v) is 8.22. The molecule has 5 atom stereocenters. The van der Waals surface area contributed by atoms with Crippen molar-refractivity contribution in [3.63, 3.8) is 0 Å². The van der Waals surface area contributed by atoms with Crippen molar-refractivity contribution in [2.75, 3.05) is 0 Å². The lowest BCUT2D eigenvalue weighted by molar-refractivity contribution is -0.0902. The Kier molecular flexibility index (Phi) is 5.93. The molecule has 7 nitrogen and oxygen atoms in total. The SMILES string of the molecule is C[C@H]1C(NC(=O)c2cnccn2)C[C@H]2C(C)(C)CCC[C@]2(C)[C@H]1C(=O)c1cc(O)cc(O)c1. The molecule has 1 heterocycles. The Balaban J connectivity index is 1.73. The number of Topliss-reactive ketones (excluding diaryl/α,β-unsaturated/α-hetero) is 1. The third-order valence-electron chi connectivity index (χ3n) is 8.22. The number of carbonyl (C=O) groups excluding carboxylic acids is 2. The van der Waals surface area contributed by atoms with Gasteiger partial charge in [-0.05, 0) is 54.1 Å². The first-order valence-corrected chi connectivity index (χ1v) is 11.7. The maximum Gasteiger partial charge on any atom is 0.271 e. The van der Waals surface area contributed by atoms with E-state index in [2.05, 4.69) is 36.1 Å². The summed E-state index contributed by atoms with van der Waals surface area (Å²) in [7, 11) is 0. The first kappa shape index (κ1) is 23.2. The van der Waals surface area contributed by atoms with Crippen molar-refractivity contribution >= 4 is 11.7 Å². The highest BCUT2D eigenvalue weighted by Crippen LogP contribution is 2.61. The molecule has 0 bridgehead atoms. The summed E-state index contributed by atoms with van der Waals surface area (Å²) >= 11 is 0. The molecular formula is C26H33N3O4. The number of nitrogens with one attached hydrogen (secondary N) is 1.